The average Bonchev–Trinajstić information content (AvgIpc) is 3.19. The highest BCUT2D eigenvalue weighted by Crippen LogP contribution is 2.03. The van der Waals surface area contributed by atoms with Gasteiger partial charge in [-0.2, -0.15) is 0 Å². The van der Waals surface area contributed by atoms with E-state index in [1.165, 1.54) is 0 Å². The first-order valence-corrected chi connectivity index (χ1v) is 20.5. The van der Waals surface area contributed by atoms with E-state index in [9.17, 15) is 10.2 Å². The molecule has 14 nitrogen and oxygen atoms in total. The van der Waals surface area contributed by atoms with E-state index in [0.29, 0.717) is 110 Å². The van der Waals surface area contributed by atoms with Crippen molar-refractivity contribution in [3.63, 3.8) is 0 Å². The van der Waals surface area contributed by atoms with Crippen LogP contribution in [0.4, 0.5) is 0 Å². The second-order valence-electron chi connectivity index (χ2n) is 13.7. The summed E-state index contributed by atoms with van der Waals surface area (Å²) in [4.78, 5) is 2.02. The summed E-state index contributed by atoms with van der Waals surface area (Å²) >= 11 is 0. The lowest BCUT2D eigenvalue weighted by atomic mass is 10.1. The Labute approximate surface area is 353 Å². The number of hydrogen-bond acceptors (Lipinski definition) is 14. The van der Waals surface area contributed by atoms with Crippen molar-refractivity contribution in [2.45, 2.75) is 52.4 Å². The molecule has 0 aliphatic rings. The molecular weight excluding hydrogens is 746 g/mol. The zero-order valence-electron chi connectivity index (χ0n) is 36.9. The normalized spacial score (nSPS) is 13.8. The Morgan fingerprint density at radius 3 is 1.26 bits per heavy atom. The molecule has 0 fully saturated rings. The number of ether oxygens (including phenoxy) is 6. The fourth-order valence-corrected chi connectivity index (χ4v) is 4.38. The second kappa shape index (κ2) is 52.9. The van der Waals surface area contributed by atoms with Gasteiger partial charge in [-0.3, -0.25) is 4.90 Å². The molecule has 0 saturated carbocycles. The van der Waals surface area contributed by atoms with E-state index < -0.39 is 12.2 Å². The van der Waals surface area contributed by atoms with Gasteiger partial charge in [0.05, 0.1) is 111 Å². The maximum atomic E-state index is 9.87. The number of rotatable bonds is 39. The van der Waals surface area contributed by atoms with E-state index in [0.717, 1.165) is 32.7 Å². The van der Waals surface area contributed by atoms with Gasteiger partial charge in [-0.15, -0.1) is 39.5 Å². The van der Waals surface area contributed by atoms with Crippen LogP contribution in [0, 0.1) is 17.8 Å². The van der Waals surface area contributed by atoms with Gasteiger partial charge in [-0.1, -0.05) is 64.2 Å². The van der Waals surface area contributed by atoms with Gasteiger partial charge in [0.1, 0.15) is 0 Å². The molecular formula is C44H87N3O11. The minimum atomic E-state index is -0.567. The third-order valence-electron chi connectivity index (χ3n) is 7.13. The Kier molecular flexibility index (Phi) is 57.0. The summed E-state index contributed by atoms with van der Waals surface area (Å²) in [5, 5.41) is 52.2. The van der Waals surface area contributed by atoms with Crippen molar-refractivity contribution in [1.82, 2.24) is 15.5 Å². The predicted molar refractivity (Wildman–Crippen MR) is 238 cm³/mol. The zero-order valence-corrected chi connectivity index (χ0v) is 36.9. The lowest BCUT2D eigenvalue weighted by molar-refractivity contribution is 0.0160. The largest absolute Gasteiger partial charge is 0.395 e. The Morgan fingerprint density at radius 1 is 0.483 bits per heavy atom. The zero-order chi connectivity index (χ0) is 44.5. The lowest BCUT2D eigenvalue weighted by Gasteiger charge is -2.27. The summed E-state index contributed by atoms with van der Waals surface area (Å²) in [6, 6.07) is 0. The Hall–Kier alpha value is -2.12. The topological polar surface area (TPSA) is 184 Å². The molecule has 14 heteroatoms. The number of aliphatic hydroxyl groups is 5. The molecule has 0 radical (unpaired) electrons. The van der Waals surface area contributed by atoms with Crippen LogP contribution in [-0.4, -0.2) is 187 Å². The molecule has 0 aliphatic heterocycles. The Bertz CT molecular complexity index is 846. The van der Waals surface area contributed by atoms with Crippen LogP contribution >= 0.6 is 0 Å². The Morgan fingerprint density at radius 2 is 0.862 bits per heavy atom. The fourth-order valence-electron chi connectivity index (χ4n) is 4.38. The molecule has 0 aromatic heterocycles. The highest BCUT2D eigenvalue weighted by Gasteiger charge is 2.15. The van der Waals surface area contributed by atoms with Gasteiger partial charge in [0, 0.05) is 32.7 Å². The molecule has 0 aromatic rings. The minimum absolute atomic E-state index is 0.0699. The summed E-state index contributed by atoms with van der Waals surface area (Å²) in [6.07, 6.45) is 9.58. The number of aliphatic hydroxyl groups excluding tert-OH is 5. The van der Waals surface area contributed by atoms with Crippen molar-refractivity contribution in [1.29, 1.82) is 0 Å². The monoisotopic (exact) mass is 834 g/mol. The quantitative estimate of drug-likeness (QED) is 0.0355. The van der Waals surface area contributed by atoms with Crippen molar-refractivity contribution in [3.05, 3.63) is 75.9 Å². The SMILES string of the molecule is C=CCOCC(C)CN(CCO)CC(O)COCC=C.C=CCOCC(C)CNCC(O)COCC=C.C=CCOCC(C)CNCCO.C=CCOCC(O)CC. The summed E-state index contributed by atoms with van der Waals surface area (Å²) in [5.74, 6) is 1.22. The molecule has 0 spiro atoms. The molecule has 6 unspecified atom stereocenters. The maximum absolute atomic E-state index is 9.87. The van der Waals surface area contributed by atoms with E-state index >= 15 is 0 Å². The van der Waals surface area contributed by atoms with Crippen LogP contribution in [0.15, 0.2) is 75.9 Å². The van der Waals surface area contributed by atoms with Crippen molar-refractivity contribution in [2.75, 3.05) is 138 Å². The van der Waals surface area contributed by atoms with Crippen LogP contribution in [0.3, 0.4) is 0 Å². The van der Waals surface area contributed by atoms with Crippen LogP contribution < -0.4 is 10.6 Å². The smallest absolute Gasteiger partial charge is 0.0900 e. The van der Waals surface area contributed by atoms with Crippen LogP contribution in [-0.2, 0) is 28.4 Å². The summed E-state index contributed by atoms with van der Waals surface area (Å²) in [7, 11) is 0. The van der Waals surface area contributed by atoms with Gasteiger partial charge in [0.25, 0.3) is 0 Å². The standard InChI is InChI=1S/C15H29NO4.C13H25NO3.C9H19NO2.C7H14O2/c1-4-8-19-12-14(3)10-16(6-7-17)11-15(18)13-20-9-5-2;1-4-6-16-10-12(3)8-14-9-13(15)11-17-7-5-2;1-3-6-12-8-9(2)7-10-4-5-11;1-3-5-9-6-7(8)4-2/h4-5,14-15,17-18H,1-2,6-13H2,3H3;4-5,12-15H,1-2,6-11H2,3H3;3,9-11H,1,4-8H2,2H3;3,7-8H,1,4-6H2,2H3. The first kappa shape index (κ1) is 62.5. The van der Waals surface area contributed by atoms with Crippen molar-refractivity contribution in [2.24, 2.45) is 17.8 Å². The molecule has 0 bridgehead atoms. The van der Waals surface area contributed by atoms with Gasteiger partial charge in [-0.25, -0.2) is 0 Å². The van der Waals surface area contributed by atoms with Crippen molar-refractivity contribution in [3.8, 4) is 0 Å². The van der Waals surface area contributed by atoms with E-state index in [1.807, 2.05) is 11.8 Å². The van der Waals surface area contributed by atoms with E-state index in [2.05, 4.69) is 70.9 Å². The molecule has 7 N–H and O–H groups in total. The molecule has 344 valence electrons. The third-order valence-corrected chi connectivity index (χ3v) is 7.13. The summed E-state index contributed by atoms with van der Waals surface area (Å²) in [5.41, 5.74) is 0. The van der Waals surface area contributed by atoms with E-state index in [4.69, 9.17) is 43.7 Å². The van der Waals surface area contributed by atoms with Gasteiger partial charge >= 0.3 is 0 Å². The molecule has 0 amide bonds. The highest BCUT2D eigenvalue weighted by atomic mass is 16.5. The number of hydrogen-bond donors (Lipinski definition) is 7. The van der Waals surface area contributed by atoms with Crippen LogP contribution in [0.1, 0.15) is 34.1 Å². The van der Waals surface area contributed by atoms with E-state index in [1.54, 1.807) is 36.5 Å². The molecule has 0 heterocycles. The molecule has 0 saturated heterocycles. The van der Waals surface area contributed by atoms with Crippen LogP contribution in [0.25, 0.3) is 0 Å². The number of nitrogens with zero attached hydrogens (tertiary/aromatic N) is 1. The predicted octanol–water partition coefficient (Wildman–Crippen LogP) is 3.03. The summed E-state index contributed by atoms with van der Waals surface area (Å²) < 4.78 is 31.3. The van der Waals surface area contributed by atoms with Gasteiger partial charge < -0.3 is 64.6 Å². The first-order chi connectivity index (χ1) is 28.0. The van der Waals surface area contributed by atoms with Crippen LogP contribution in [0.5, 0.6) is 0 Å². The van der Waals surface area contributed by atoms with Crippen molar-refractivity contribution >= 4 is 0 Å². The van der Waals surface area contributed by atoms with E-state index in [-0.39, 0.29) is 25.9 Å². The molecule has 58 heavy (non-hydrogen) atoms. The van der Waals surface area contributed by atoms with Crippen molar-refractivity contribution < 1.29 is 54.0 Å². The maximum Gasteiger partial charge on any atom is 0.0900 e. The first-order valence-electron chi connectivity index (χ1n) is 20.5. The number of nitrogens with one attached hydrogen (secondary N) is 2. The lowest BCUT2D eigenvalue weighted by Crippen LogP contribution is -2.40. The highest BCUT2D eigenvalue weighted by molar-refractivity contribution is 4.71. The van der Waals surface area contributed by atoms with Gasteiger partial charge in [-0.05, 0) is 37.3 Å². The van der Waals surface area contributed by atoms with Crippen LogP contribution in [0.2, 0.25) is 0 Å². The third kappa shape index (κ3) is 56.0. The van der Waals surface area contributed by atoms with Gasteiger partial charge in [0.15, 0.2) is 0 Å². The molecule has 0 aliphatic carbocycles. The minimum Gasteiger partial charge on any atom is -0.395 e. The average molecular weight is 834 g/mol. The second-order valence-corrected chi connectivity index (χ2v) is 13.7. The Balaban J connectivity index is -0.000000349. The fraction of sp³-hybridized carbons (Fsp3) is 0.727. The molecule has 6 atom stereocenters. The molecule has 0 aromatic carbocycles. The summed E-state index contributed by atoms with van der Waals surface area (Å²) in [6.45, 7) is 40.7. The molecule has 0 rings (SSSR count). The van der Waals surface area contributed by atoms with Gasteiger partial charge in [0.2, 0.25) is 0 Å².